The highest BCUT2D eigenvalue weighted by Crippen LogP contribution is 2.30. The average molecular weight is 291 g/mol. The van der Waals surface area contributed by atoms with Crippen molar-refractivity contribution in [3.05, 3.63) is 46.0 Å². The van der Waals surface area contributed by atoms with Crippen LogP contribution in [0.1, 0.15) is 27.6 Å². The highest BCUT2D eigenvalue weighted by molar-refractivity contribution is 8.03. The Balaban J connectivity index is 2.28. The predicted molar refractivity (Wildman–Crippen MR) is 80.1 cm³/mol. The molecule has 0 spiro atoms. The molecule has 0 amide bonds. The van der Waals surface area contributed by atoms with Crippen molar-refractivity contribution in [2.24, 2.45) is 0 Å². The van der Waals surface area contributed by atoms with Gasteiger partial charge >= 0.3 is 0 Å². The molecule has 0 heterocycles. The lowest BCUT2D eigenvalue weighted by molar-refractivity contribution is 0.0971. The van der Waals surface area contributed by atoms with E-state index in [4.69, 9.17) is 4.74 Å². The van der Waals surface area contributed by atoms with Crippen molar-refractivity contribution in [3.8, 4) is 0 Å². The SMILES string of the molecule is CCOCCNC1=C(SC)C(=O)c2ccccc2C1=O. The zero-order chi connectivity index (χ0) is 14.5. The number of carbonyl (C=O) groups is 2. The number of carbonyl (C=O) groups excluding carboxylic acids is 2. The molecule has 20 heavy (non-hydrogen) atoms. The molecule has 0 aromatic heterocycles. The summed E-state index contributed by atoms with van der Waals surface area (Å²) in [6.07, 6.45) is 1.80. The summed E-state index contributed by atoms with van der Waals surface area (Å²) < 4.78 is 5.24. The number of benzene rings is 1. The van der Waals surface area contributed by atoms with E-state index < -0.39 is 0 Å². The Kier molecular flexibility index (Phi) is 4.98. The number of nitrogens with one attached hydrogen (secondary N) is 1. The number of hydrogen-bond acceptors (Lipinski definition) is 5. The first-order valence-corrected chi connectivity index (χ1v) is 7.71. The Bertz CT molecular complexity index is 566. The minimum absolute atomic E-state index is 0.0911. The van der Waals surface area contributed by atoms with Gasteiger partial charge in [0, 0.05) is 24.3 Å². The predicted octanol–water partition coefficient (Wildman–Crippen LogP) is 2.27. The molecule has 0 unspecified atom stereocenters. The normalized spacial score (nSPS) is 14.5. The first kappa shape index (κ1) is 14.8. The summed E-state index contributed by atoms with van der Waals surface area (Å²) in [5.74, 6) is -0.215. The molecule has 0 aliphatic heterocycles. The van der Waals surface area contributed by atoms with Crippen LogP contribution in [0.4, 0.5) is 0 Å². The summed E-state index contributed by atoms with van der Waals surface area (Å²) in [6.45, 7) is 3.56. The Morgan fingerprint density at radius 3 is 2.40 bits per heavy atom. The van der Waals surface area contributed by atoms with Gasteiger partial charge in [-0.05, 0) is 13.2 Å². The molecular weight excluding hydrogens is 274 g/mol. The van der Waals surface area contributed by atoms with Gasteiger partial charge in [0.05, 0.1) is 11.5 Å². The number of Topliss-reactive ketones (excluding diaryl/α,β-unsaturated/α-hetero) is 2. The van der Waals surface area contributed by atoms with Crippen molar-refractivity contribution in [3.63, 3.8) is 0 Å². The van der Waals surface area contributed by atoms with Crippen LogP contribution in [-0.2, 0) is 4.74 Å². The van der Waals surface area contributed by atoms with Gasteiger partial charge < -0.3 is 10.1 Å². The van der Waals surface area contributed by atoms with Crippen molar-refractivity contribution in [1.82, 2.24) is 5.32 Å². The van der Waals surface area contributed by atoms with E-state index in [1.54, 1.807) is 30.5 Å². The van der Waals surface area contributed by atoms with E-state index in [2.05, 4.69) is 5.32 Å². The van der Waals surface area contributed by atoms with Crippen molar-refractivity contribution in [1.29, 1.82) is 0 Å². The van der Waals surface area contributed by atoms with E-state index in [-0.39, 0.29) is 11.6 Å². The van der Waals surface area contributed by atoms with Gasteiger partial charge in [-0.15, -0.1) is 11.8 Å². The van der Waals surface area contributed by atoms with Crippen LogP contribution in [0.3, 0.4) is 0 Å². The minimum Gasteiger partial charge on any atom is -0.380 e. The Labute approximate surface area is 122 Å². The standard InChI is InChI=1S/C15H17NO3S/c1-3-19-9-8-16-12-13(17)10-6-4-5-7-11(10)14(18)15(12)20-2/h4-7,16H,3,8-9H2,1-2H3. The van der Waals surface area contributed by atoms with Crippen molar-refractivity contribution >= 4 is 23.3 Å². The average Bonchev–Trinajstić information content (AvgIpc) is 2.48. The molecule has 1 aliphatic carbocycles. The summed E-state index contributed by atoms with van der Waals surface area (Å²) >= 11 is 1.30. The first-order valence-electron chi connectivity index (χ1n) is 6.49. The van der Waals surface area contributed by atoms with Crippen LogP contribution < -0.4 is 5.32 Å². The van der Waals surface area contributed by atoms with Gasteiger partial charge in [-0.3, -0.25) is 9.59 Å². The Morgan fingerprint density at radius 1 is 1.15 bits per heavy atom. The van der Waals surface area contributed by atoms with E-state index >= 15 is 0 Å². The zero-order valence-electron chi connectivity index (χ0n) is 11.6. The van der Waals surface area contributed by atoms with Crippen LogP contribution in [0.25, 0.3) is 0 Å². The molecule has 0 atom stereocenters. The summed E-state index contributed by atoms with van der Waals surface area (Å²) in [5, 5.41) is 3.04. The van der Waals surface area contributed by atoms with Crippen LogP contribution in [0.2, 0.25) is 0 Å². The monoisotopic (exact) mass is 291 g/mol. The van der Waals surface area contributed by atoms with Gasteiger partial charge in [-0.1, -0.05) is 24.3 Å². The van der Waals surface area contributed by atoms with Gasteiger partial charge in [-0.25, -0.2) is 0 Å². The second kappa shape index (κ2) is 6.72. The summed E-state index contributed by atoms with van der Waals surface area (Å²) in [4.78, 5) is 25.3. The number of ether oxygens (including phenoxy) is 1. The quantitative estimate of drug-likeness (QED) is 0.815. The fourth-order valence-corrected chi connectivity index (χ4v) is 2.76. The summed E-state index contributed by atoms with van der Waals surface area (Å²) in [7, 11) is 0. The second-order valence-corrected chi connectivity index (χ2v) is 5.05. The first-order chi connectivity index (χ1) is 9.70. The van der Waals surface area contributed by atoms with E-state index in [1.165, 1.54) is 11.8 Å². The molecule has 0 fully saturated rings. The van der Waals surface area contributed by atoms with Crippen molar-refractivity contribution in [2.75, 3.05) is 26.0 Å². The molecule has 0 saturated heterocycles. The van der Waals surface area contributed by atoms with Gasteiger partial charge in [0.15, 0.2) is 0 Å². The van der Waals surface area contributed by atoms with E-state index in [9.17, 15) is 9.59 Å². The highest BCUT2D eigenvalue weighted by atomic mass is 32.2. The third kappa shape index (κ3) is 2.78. The lowest BCUT2D eigenvalue weighted by atomic mass is 9.92. The van der Waals surface area contributed by atoms with Crippen LogP contribution >= 0.6 is 11.8 Å². The van der Waals surface area contributed by atoms with Crippen molar-refractivity contribution < 1.29 is 14.3 Å². The van der Waals surface area contributed by atoms with Gasteiger partial charge in [-0.2, -0.15) is 0 Å². The third-order valence-corrected chi connectivity index (χ3v) is 3.83. The summed E-state index contributed by atoms with van der Waals surface area (Å²) in [6, 6.07) is 6.93. The molecule has 0 saturated carbocycles. The maximum Gasteiger partial charge on any atom is 0.210 e. The molecule has 2 rings (SSSR count). The number of thioether (sulfide) groups is 1. The number of rotatable bonds is 6. The summed E-state index contributed by atoms with van der Waals surface area (Å²) in [5.41, 5.74) is 1.34. The third-order valence-electron chi connectivity index (χ3n) is 3.03. The lowest BCUT2D eigenvalue weighted by Gasteiger charge is -2.20. The number of allylic oxidation sites excluding steroid dienone is 2. The number of ketones is 2. The number of fused-ring (bicyclic) bond motifs is 1. The molecular formula is C15H17NO3S. The molecule has 0 radical (unpaired) electrons. The Morgan fingerprint density at radius 2 is 1.80 bits per heavy atom. The van der Waals surface area contributed by atoms with Crippen LogP contribution in [0.15, 0.2) is 34.9 Å². The van der Waals surface area contributed by atoms with Crippen LogP contribution in [-0.4, -0.2) is 37.6 Å². The van der Waals surface area contributed by atoms with E-state index in [0.29, 0.717) is 41.5 Å². The van der Waals surface area contributed by atoms with E-state index in [1.807, 2.05) is 6.92 Å². The van der Waals surface area contributed by atoms with Crippen LogP contribution in [0, 0.1) is 0 Å². The molecule has 1 N–H and O–H groups in total. The van der Waals surface area contributed by atoms with Gasteiger partial charge in [0.2, 0.25) is 11.6 Å². The molecule has 1 aromatic rings. The largest absolute Gasteiger partial charge is 0.380 e. The van der Waals surface area contributed by atoms with E-state index in [0.717, 1.165) is 0 Å². The fraction of sp³-hybridized carbons (Fsp3) is 0.333. The smallest absolute Gasteiger partial charge is 0.210 e. The number of hydrogen-bond donors (Lipinski definition) is 1. The molecule has 4 nitrogen and oxygen atoms in total. The maximum atomic E-state index is 12.5. The van der Waals surface area contributed by atoms with Gasteiger partial charge in [0.25, 0.3) is 0 Å². The highest BCUT2D eigenvalue weighted by Gasteiger charge is 2.31. The molecule has 106 valence electrons. The zero-order valence-corrected chi connectivity index (χ0v) is 12.4. The second-order valence-electron chi connectivity index (χ2n) is 4.24. The topological polar surface area (TPSA) is 55.4 Å². The van der Waals surface area contributed by atoms with Crippen molar-refractivity contribution in [2.45, 2.75) is 6.92 Å². The maximum absolute atomic E-state index is 12.5. The molecule has 5 heteroatoms. The molecule has 1 aliphatic rings. The Hall–Kier alpha value is -1.59. The minimum atomic E-state index is -0.124. The molecule has 1 aromatic carbocycles. The lowest BCUT2D eigenvalue weighted by Crippen LogP contribution is -2.31. The van der Waals surface area contributed by atoms with Gasteiger partial charge in [0.1, 0.15) is 5.70 Å². The fourth-order valence-electron chi connectivity index (χ4n) is 2.10. The molecule has 0 bridgehead atoms. The van der Waals surface area contributed by atoms with Crippen LogP contribution in [0.5, 0.6) is 0 Å².